The molecule has 28 heavy (non-hydrogen) atoms. The molecule has 0 atom stereocenters. The molecular formula is C20H18F2N2O4. The first-order chi connectivity index (χ1) is 13.4. The molecule has 0 unspecified atom stereocenters. The summed E-state index contributed by atoms with van der Waals surface area (Å²) >= 11 is 0. The number of alkyl halides is 2. The van der Waals surface area contributed by atoms with Crippen LogP contribution >= 0.6 is 0 Å². The van der Waals surface area contributed by atoms with Crippen molar-refractivity contribution in [1.82, 2.24) is 5.16 Å². The number of nitrogens with one attached hydrogen (secondary N) is 1. The van der Waals surface area contributed by atoms with E-state index in [-0.39, 0.29) is 11.4 Å². The van der Waals surface area contributed by atoms with E-state index in [1.807, 2.05) is 13.8 Å². The Labute approximate surface area is 160 Å². The number of rotatable bonds is 7. The van der Waals surface area contributed by atoms with Gasteiger partial charge in [0.15, 0.2) is 0 Å². The summed E-state index contributed by atoms with van der Waals surface area (Å²) in [6.45, 7) is 0.956. The molecule has 6 nitrogen and oxygen atoms in total. The van der Waals surface area contributed by atoms with Gasteiger partial charge in [0, 0.05) is 5.56 Å². The Hall–Kier alpha value is -3.42. The topological polar surface area (TPSA) is 73.6 Å². The van der Waals surface area contributed by atoms with Crippen LogP contribution in [0.4, 0.5) is 14.5 Å². The quantitative estimate of drug-likeness (QED) is 0.634. The van der Waals surface area contributed by atoms with Gasteiger partial charge < -0.3 is 19.3 Å². The first-order valence-electron chi connectivity index (χ1n) is 8.44. The van der Waals surface area contributed by atoms with Crippen LogP contribution in [0.2, 0.25) is 0 Å². The van der Waals surface area contributed by atoms with Crippen molar-refractivity contribution in [2.45, 2.75) is 27.1 Å². The van der Waals surface area contributed by atoms with Crippen LogP contribution in [0.5, 0.6) is 11.5 Å². The van der Waals surface area contributed by atoms with Gasteiger partial charge in [0.05, 0.1) is 16.9 Å². The third-order valence-electron chi connectivity index (χ3n) is 4.03. The standard InChI is InChI=1S/C20H18F2N2O4/c1-12-16(13(2)28-24-12)11-26-15-9-7-14(8-10-15)19(25)23-17-5-3-4-6-18(17)27-20(21)22/h3-10,20H,11H2,1-2H3,(H,23,25). The third kappa shape index (κ3) is 4.64. The highest BCUT2D eigenvalue weighted by Gasteiger charge is 2.13. The SMILES string of the molecule is Cc1noc(C)c1COc1ccc(C(=O)Nc2ccccc2OC(F)F)cc1. The number of halogens is 2. The summed E-state index contributed by atoms with van der Waals surface area (Å²) in [6, 6.07) is 12.4. The molecule has 3 aromatic rings. The van der Waals surface area contributed by atoms with Gasteiger partial charge in [-0.05, 0) is 50.2 Å². The van der Waals surface area contributed by atoms with Crippen molar-refractivity contribution in [3.8, 4) is 11.5 Å². The monoisotopic (exact) mass is 388 g/mol. The Bertz CT molecular complexity index is 936. The van der Waals surface area contributed by atoms with Crippen LogP contribution in [-0.2, 0) is 6.61 Å². The number of para-hydroxylation sites is 2. The number of ether oxygens (including phenoxy) is 2. The normalized spacial score (nSPS) is 10.8. The number of aryl methyl sites for hydroxylation is 2. The maximum absolute atomic E-state index is 12.5. The molecule has 0 bridgehead atoms. The number of aromatic nitrogens is 1. The number of anilines is 1. The number of nitrogens with zero attached hydrogens (tertiary/aromatic N) is 1. The average molecular weight is 388 g/mol. The van der Waals surface area contributed by atoms with Gasteiger partial charge in [0.25, 0.3) is 5.91 Å². The lowest BCUT2D eigenvalue weighted by Gasteiger charge is -2.12. The Morgan fingerprint density at radius 1 is 1.14 bits per heavy atom. The van der Waals surface area contributed by atoms with Crippen LogP contribution in [0, 0.1) is 13.8 Å². The minimum Gasteiger partial charge on any atom is -0.489 e. The van der Waals surface area contributed by atoms with Crippen LogP contribution in [0.25, 0.3) is 0 Å². The molecule has 0 saturated carbocycles. The maximum atomic E-state index is 12.5. The number of carbonyl (C=O) groups excluding carboxylic acids is 1. The largest absolute Gasteiger partial charge is 0.489 e. The van der Waals surface area contributed by atoms with Crippen molar-refractivity contribution < 1.29 is 27.6 Å². The Kier molecular flexibility index (Phi) is 5.88. The maximum Gasteiger partial charge on any atom is 0.387 e. The average Bonchev–Trinajstić information content (AvgIpc) is 2.99. The van der Waals surface area contributed by atoms with E-state index in [1.165, 1.54) is 12.1 Å². The molecule has 0 fully saturated rings. The van der Waals surface area contributed by atoms with Crippen molar-refractivity contribution >= 4 is 11.6 Å². The van der Waals surface area contributed by atoms with Crippen molar-refractivity contribution in [2.24, 2.45) is 0 Å². The molecule has 1 amide bonds. The summed E-state index contributed by atoms with van der Waals surface area (Å²) in [6.07, 6.45) is 0. The van der Waals surface area contributed by atoms with Crippen LogP contribution in [0.15, 0.2) is 53.1 Å². The molecule has 0 aliphatic heterocycles. The van der Waals surface area contributed by atoms with Gasteiger partial charge in [-0.15, -0.1) is 0 Å². The molecule has 3 rings (SSSR count). The number of benzene rings is 2. The summed E-state index contributed by atoms with van der Waals surface area (Å²) in [7, 11) is 0. The van der Waals surface area contributed by atoms with E-state index in [2.05, 4.69) is 15.2 Å². The molecule has 146 valence electrons. The summed E-state index contributed by atoms with van der Waals surface area (Å²) in [5, 5.41) is 6.43. The molecule has 0 aliphatic carbocycles. The van der Waals surface area contributed by atoms with Gasteiger partial charge in [-0.2, -0.15) is 8.78 Å². The number of carbonyl (C=O) groups is 1. The molecule has 0 spiro atoms. The number of hydrogen-bond acceptors (Lipinski definition) is 5. The van der Waals surface area contributed by atoms with E-state index < -0.39 is 12.5 Å². The highest BCUT2D eigenvalue weighted by atomic mass is 19.3. The van der Waals surface area contributed by atoms with E-state index >= 15 is 0 Å². The zero-order chi connectivity index (χ0) is 20.1. The molecule has 2 aromatic carbocycles. The van der Waals surface area contributed by atoms with E-state index in [4.69, 9.17) is 9.26 Å². The molecular weight excluding hydrogens is 370 g/mol. The lowest BCUT2D eigenvalue weighted by molar-refractivity contribution is -0.0493. The van der Waals surface area contributed by atoms with Crippen LogP contribution in [0.1, 0.15) is 27.4 Å². The van der Waals surface area contributed by atoms with Gasteiger partial charge in [-0.1, -0.05) is 17.3 Å². The van der Waals surface area contributed by atoms with E-state index in [1.54, 1.807) is 36.4 Å². The summed E-state index contributed by atoms with van der Waals surface area (Å²) in [5.41, 5.74) is 2.14. The van der Waals surface area contributed by atoms with Crippen LogP contribution in [0.3, 0.4) is 0 Å². The smallest absolute Gasteiger partial charge is 0.387 e. The minimum absolute atomic E-state index is 0.106. The lowest BCUT2D eigenvalue weighted by Crippen LogP contribution is -2.13. The minimum atomic E-state index is -2.98. The first kappa shape index (κ1) is 19.3. The van der Waals surface area contributed by atoms with Gasteiger partial charge in [0.2, 0.25) is 0 Å². The van der Waals surface area contributed by atoms with Crippen molar-refractivity contribution in [3.63, 3.8) is 0 Å². The second kappa shape index (κ2) is 8.51. The Morgan fingerprint density at radius 2 is 1.86 bits per heavy atom. The van der Waals surface area contributed by atoms with Crippen LogP contribution in [-0.4, -0.2) is 17.7 Å². The second-order valence-electron chi connectivity index (χ2n) is 5.94. The molecule has 1 heterocycles. The number of hydrogen-bond donors (Lipinski definition) is 1. The van der Waals surface area contributed by atoms with Gasteiger partial charge in [0.1, 0.15) is 23.9 Å². The van der Waals surface area contributed by atoms with Crippen LogP contribution < -0.4 is 14.8 Å². The fourth-order valence-electron chi connectivity index (χ4n) is 2.53. The third-order valence-corrected chi connectivity index (χ3v) is 4.03. The fourth-order valence-corrected chi connectivity index (χ4v) is 2.53. The highest BCUT2D eigenvalue weighted by Crippen LogP contribution is 2.26. The fraction of sp³-hybridized carbons (Fsp3) is 0.200. The predicted octanol–water partition coefficient (Wildman–Crippen LogP) is 4.72. The van der Waals surface area contributed by atoms with Crippen molar-refractivity contribution in [3.05, 3.63) is 71.1 Å². The predicted molar refractivity (Wildman–Crippen MR) is 97.8 cm³/mol. The zero-order valence-corrected chi connectivity index (χ0v) is 15.2. The van der Waals surface area contributed by atoms with Gasteiger partial charge >= 0.3 is 6.61 Å². The van der Waals surface area contributed by atoms with Crippen molar-refractivity contribution in [1.29, 1.82) is 0 Å². The second-order valence-corrected chi connectivity index (χ2v) is 5.94. The molecule has 0 aliphatic rings. The highest BCUT2D eigenvalue weighted by molar-refractivity contribution is 6.05. The lowest BCUT2D eigenvalue weighted by atomic mass is 10.2. The van der Waals surface area contributed by atoms with E-state index in [9.17, 15) is 13.6 Å². The zero-order valence-electron chi connectivity index (χ0n) is 15.2. The molecule has 0 radical (unpaired) electrons. The molecule has 0 saturated heterocycles. The van der Waals surface area contributed by atoms with Crippen molar-refractivity contribution in [2.75, 3.05) is 5.32 Å². The molecule has 1 N–H and O–H groups in total. The summed E-state index contributed by atoms with van der Waals surface area (Å²) in [5.74, 6) is 0.698. The summed E-state index contributed by atoms with van der Waals surface area (Å²) < 4.78 is 40.1. The van der Waals surface area contributed by atoms with Gasteiger partial charge in [-0.25, -0.2) is 0 Å². The Balaban J connectivity index is 1.64. The summed E-state index contributed by atoms with van der Waals surface area (Å²) in [4.78, 5) is 12.4. The molecule has 1 aromatic heterocycles. The van der Waals surface area contributed by atoms with E-state index in [0.717, 1.165) is 11.3 Å². The van der Waals surface area contributed by atoms with E-state index in [0.29, 0.717) is 23.7 Å². The first-order valence-corrected chi connectivity index (χ1v) is 8.44. The Morgan fingerprint density at radius 3 is 2.50 bits per heavy atom. The molecule has 8 heteroatoms. The van der Waals surface area contributed by atoms with Gasteiger partial charge in [-0.3, -0.25) is 4.79 Å². The number of amides is 1.